The molecule has 0 radical (unpaired) electrons. The summed E-state index contributed by atoms with van der Waals surface area (Å²) in [5.41, 5.74) is 1.73. The summed E-state index contributed by atoms with van der Waals surface area (Å²) in [6, 6.07) is 14.1. The molecule has 0 unspecified atom stereocenters. The Kier molecular flexibility index (Phi) is 6.03. The third-order valence-electron chi connectivity index (χ3n) is 5.20. The second kappa shape index (κ2) is 8.69. The van der Waals surface area contributed by atoms with Gasteiger partial charge in [-0.15, -0.1) is 10.2 Å². The van der Waals surface area contributed by atoms with E-state index in [4.69, 9.17) is 0 Å². The highest BCUT2D eigenvalue weighted by Gasteiger charge is 2.35. The molecule has 1 amide bonds. The highest BCUT2D eigenvalue weighted by molar-refractivity contribution is 9.10. The lowest BCUT2D eigenvalue weighted by atomic mass is 9.88. The number of anilines is 1. The van der Waals surface area contributed by atoms with Crippen LogP contribution >= 0.6 is 27.3 Å². The molecule has 1 aliphatic rings. The molecule has 150 valence electrons. The summed E-state index contributed by atoms with van der Waals surface area (Å²) in [5, 5.41) is 15.6. The lowest BCUT2D eigenvalue weighted by Crippen LogP contribution is -2.39. The maximum Gasteiger partial charge on any atom is 0.286 e. The fourth-order valence-electron chi connectivity index (χ4n) is 3.69. The van der Waals surface area contributed by atoms with Crippen molar-refractivity contribution in [2.75, 3.05) is 5.32 Å². The lowest BCUT2D eigenvalue weighted by Gasteiger charge is -2.31. The van der Waals surface area contributed by atoms with Crippen molar-refractivity contribution < 1.29 is 9.18 Å². The standard InChI is InChI=1S/C21H20BrFN4OS/c22-15-5-3-14(4-6-15)21(11-1-2-12-21)24-13-18-26-27-20(29-18)19(28)25-17-9-7-16(23)8-10-17/h3-10,24H,1-2,11-13H2,(H,25,28). The van der Waals surface area contributed by atoms with Gasteiger partial charge in [0.1, 0.15) is 10.8 Å². The van der Waals surface area contributed by atoms with E-state index >= 15 is 0 Å². The molecular weight excluding hydrogens is 455 g/mol. The van der Waals surface area contributed by atoms with Crippen LogP contribution in [0.15, 0.2) is 53.0 Å². The molecule has 0 bridgehead atoms. The third kappa shape index (κ3) is 4.71. The van der Waals surface area contributed by atoms with Crippen LogP contribution in [0.25, 0.3) is 0 Å². The summed E-state index contributed by atoms with van der Waals surface area (Å²) in [4.78, 5) is 12.4. The van der Waals surface area contributed by atoms with Crippen LogP contribution in [-0.2, 0) is 12.1 Å². The number of benzene rings is 2. The first-order valence-corrected chi connectivity index (χ1v) is 11.1. The van der Waals surface area contributed by atoms with Crippen LogP contribution in [0.2, 0.25) is 0 Å². The van der Waals surface area contributed by atoms with Gasteiger partial charge in [0.25, 0.3) is 5.91 Å². The second-order valence-corrected chi connectivity index (χ2v) is 9.09. The Hall–Kier alpha value is -2.16. The Bertz CT molecular complexity index is 985. The highest BCUT2D eigenvalue weighted by Crippen LogP contribution is 2.39. The first-order valence-electron chi connectivity index (χ1n) is 9.44. The molecular formula is C21H20BrFN4OS. The number of hydrogen-bond donors (Lipinski definition) is 2. The van der Waals surface area contributed by atoms with Crippen molar-refractivity contribution in [3.05, 3.63) is 74.4 Å². The number of hydrogen-bond acceptors (Lipinski definition) is 5. The first kappa shape index (κ1) is 20.1. The topological polar surface area (TPSA) is 66.9 Å². The second-order valence-electron chi connectivity index (χ2n) is 7.11. The van der Waals surface area contributed by atoms with E-state index in [1.165, 1.54) is 54.0 Å². The molecule has 1 aliphatic carbocycles. The summed E-state index contributed by atoms with van der Waals surface area (Å²) in [7, 11) is 0. The van der Waals surface area contributed by atoms with E-state index in [1.807, 2.05) is 0 Å². The molecule has 3 aromatic rings. The van der Waals surface area contributed by atoms with Gasteiger partial charge in [-0.05, 0) is 54.8 Å². The minimum atomic E-state index is -0.348. The fourth-order valence-corrected chi connectivity index (χ4v) is 4.63. The molecule has 2 N–H and O–H groups in total. The predicted molar refractivity (Wildman–Crippen MR) is 115 cm³/mol. The van der Waals surface area contributed by atoms with Gasteiger partial charge in [-0.2, -0.15) is 0 Å². The summed E-state index contributed by atoms with van der Waals surface area (Å²) in [6.45, 7) is 0.553. The van der Waals surface area contributed by atoms with Gasteiger partial charge in [0.2, 0.25) is 5.01 Å². The van der Waals surface area contributed by atoms with Crippen molar-refractivity contribution in [2.24, 2.45) is 0 Å². The van der Waals surface area contributed by atoms with Crippen LogP contribution in [0.4, 0.5) is 10.1 Å². The molecule has 0 aliphatic heterocycles. The maximum atomic E-state index is 13.0. The van der Waals surface area contributed by atoms with Crippen molar-refractivity contribution in [1.29, 1.82) is 0 Å². The summed E-state index contributed by atoms with van der Waals surface area (Å²) < 4.78 is 14.1. The SMILES string of the molecule is O=C(Nc1ccc(F)cc1)c1nnc(CNC2(c3ccc(Br)cc3)CCCC2)s1. The van der Waals surface area contributed by atoms with Gasteiger partial charge >= 0.3 is 0 Å². The van der Waals surface area contributed by atoms with Gasteiger partial charge in [0.05, 0.1) is 6.54 Å². The van der Waals surface area contributed by atoms with E-state index in [1.54, 1.807) is 0 Å². The van der Waals surface area contributed by atoms with Crippen molar-refractivity contribution in [3.8, 4) is 0 Å². The van der Waals surface area contributed by atoms with E-state index in [0.717, 1.165) is 22.3 Å². The van der Waals surface area contributed by atoms with Crippen molar-refractivity contribution in [3.63, 3.8) is 0 Å². The Morgan fingerprint density at radius 1 is 1.07 bits per heavy atom. The zero-order valence-electron chi connectivity index (χ0n) is 15.6. The molecule has 1 fully saturated rings. The molecule has 8 heteroatoms. The van der Waals surface area contributed by atoms with Crippen LogP contribution in [0.1, 0.15) is 46.1 Å². The quantitative estimate of drug-likeness (QED) is 0.511. The number of carbonyl (C=O) groups is 1. The number of amides is 1. The van der Waals surface area contributed by atoms with E-state index in [2.05, 4.69) is 61.0 Å². The third-order valence-corrected chi connectivity index (χ3v) is 6.65. The Morgan fingerprint density at radius 2 is 1.76 bits per heavy atom. The zero-order valence-corrected chi connectivity index (χ0v) is 18.0. The van der Waals surface area contributed by atoms with E-state index in [-0.39, 0.29) is 22.3 Å². The number of nitrogens with zero attached hydrogens (tertiary/aromatic N) is 2. The molecule has 1 heterocycles. The number of carbonyl (C=O) groups excluding carboxylic acids is 1. The van der Waals surface area contributed by atoms with Crippen molar-refractivity contribution in [1.82, 2.24) is 15.5 Å². The molecule has 2 aromatic carbocycles. The molecule has 0 atom stereocenters. The molecule has 1 saturated carbocycles. The van der Waals surface area contributed by atoms with Gasteiger partial charge in [-0.3, -0.25) is 4.79 Å². The Labute approximate surface area is 180 Å². The minimum absolute atomic E-state index is 0.0666. The zero-order chi connectivity index (χ0) is 20.3. The molecule has 1 aromatic heterocycles. The monoisotopic (exact) mass is 474 g/mol. The van der Waals surface area contributed by atoms with E-state index < -0.39 is 0 Å². The fraction of sp³-hybridized carbons (Fsp3) is 0.286. The summed E-state index contributed by atoms with van der Waals surface area (Å²) in [5.74, 6) is -0.692. The number of nitrogens with one attached hydrogen (secondary N) is 2. The van der Waals surface area contributed by atoms with Crippen LogP contribution in [0.3, 0.4) is 0 Å². The highest BCUT2D eigenvalue weighted by atomic mass is 79.9. The Balaban J connectivity index is 1.42. The number of halogens is 2. The largest absolute Gasteiger partial charge is 0.320 e. The average molecular weight is 475 g/mol. The molecule has 4 rings (SSSR count). The number of aromatic nitrogens is 2. The van der Waals surface area contributed by atoms with Crippen LogP contribution in [-0.4, -0.2) is 16.1 Å². The molecule has 0 spiro atoms. The Morgan fingerprint density at radius 3 is 2.45 bits per heavy atom. The van der Waals surface area contributed by atoms with Crippen LogP contribution in [0, 0.1) is 5.82 Å². The van der Waals surface area contributed by atoms with Gasteiger partial charge in [-0.1, -0.05) is 52.2 Å². The smallest absolute Gasteiger partial charge is 0.286 e. The molecule has 29 heavy (non-hydrogen) atoms. The van der Waals surface area contributed by atoms with Crippen LogP contribution in [0.5, 0.6) is 0 Å². The van der Waals surface area contributed by atoms with Crippen molar-refractivity contribution in [2.45, 2.75) is 37.8 Å². The predicted octanol–water partition coefficient (Wildman–Crippen LogP) is 5.25. The van der Waals surface area contributed by atoms with Gasteiger partial charge in [-0.25, -0.2) is 4.39 Å². The molecule has 0 saturated heterocycles. The normalized spacial score (nSPS) is 15.4. The minimum Gasteiger partial charge on any atom is -0.320 e. The van der Waals surface area contributed by atoms with E-state index in [9.17, 15) is 9.18 Å². The number of rotatable bonds is 6. The first-order chi connectivity index (χ1) is 14.0. The van der Waals surface area contributed by atoms with Gasteiger partial charge in [0.15, 0.2) is 0 Å². The van der Waals surface area contributed by atoms with Gasteiger partial charge in [0, 0.05) is 15.7 Å². The molecule has 5 nitrogen and oxygen atoms in total. The maximum absolute atomic E-state index is 13.0. The van der Waals surface area contributed by atoms with Crippen LogP contribution < -0.4 is 10.6 Å². The summed E-state index contributed by atoms with van der Waals surface area (Å²) in [6.07, 6.45) is 4.52. The average Bonchev–Trinajstić information content (AvgIpc) is 3.39. The van der Waals surface area contributed by atoms with Gasteiger partial charge < -0.3 is 10.6 Å². The van der Waals surface area contributed by atoms with Crippen molar-refractivity contribution >= 4 is 38.9 Å². The summed E-state index contributed by atoms with van der Waals surface area (Å²) >= 11 is 4.76. The van der Waals surface area contributed by atoms with E-state index in [0.29, 0.717) is 12.2 Å². The lowest BCUT2D eigenvalue weighted by molar-refractivity contribution is 0.102.